The summed E-state index contributed by atoms with van der Waals surface area (Å²) >= 11 is 0. The van der Waals surface area contributed by atoms with E-state index in [0.717, 1.165) is 0 Å². The molecule has 1 atom stereocenters. The molecular formula is C8H10O2. The highest BCUT2D eigenvalue weighted by molar-refractivity contribution is 5.97. The van der Waals surface area contributed by atoms with Crippen LogP contribution in [0.5, 0.6) is 0 Å². The summed E-state index contributed by atoms with van der Waals surface area (Å²) in [6.07, 6.45) is 6.66. The van der Waals surface area contributed by atoms with E-state index in [-0.39, 0.29) is 12.4 Å². The van der Waals surface area contributed by atoms with Crippen LogP contribution in [0.15, 0.2) is 24.3 Å². The van der Waals surface area contributed by atoms with Crippen molar-refractivity contribution in [3.63, 3.8) is 0 Å². The third-order valence-electron chi connectivity index (χ3n) is 1.71. The Bertz CT molecular complexity index is 203. The maximum atomic E-state index is 11.0. The predicted octanol–water partition coefficient (Wildman–Crippen LogP) is 0.680. The number of carbonyl (C=O) groups excluding carboxylic acids is 1. The van der Waals surface area contributed by atoms with E-state index < -0.39 is 5.41 Å². The highest BCUT2D eigenvalue weighted by Crippen LogP contribution is 2.22. The van der Waals surface area contributed by atoms with Crippen LogP contribution in [0.2, 0.25) is 0 Å². The van der Waals surface area contributed by atoms with Crippen molar-refractivity contribution in [1.82, 2.24) is 0 Å². The van der Waals surface area contributed by atoms with Crippen molar-refractivity contribution in [1.29, 1.82) is 0 Å². The molecule has 1 aliphatic carbocycles. The van der Waals surface area contributed by atoms with Gasteiger partial charge in [0.05, 0.1) is 12.0 Å². The average Bonchev–Trinajstić information content (AvgIpc) is 1.96. The van der Waals surface area contributed by atoms with Gasteiger partial charge in [-0.25, -0.2) is 0 Å². The molecule has 0 radical (unpaired) electrons. The fraction of sp³-hybridized carbons (Fsp3) is 0.375. The van der Waals surface area contributed by atoms with E-state index in [1.54, 1.807) is 25.2 Å². The number of hydrogen-bond donors (Lipinski definition) is 1. The van der Waals surface area contributed by atoms with Crippen molar-refractivity contribution in [2.75, 3.05) is 6.61 Å². The summed E-state index contributed by atoms with van der Waals surface area (Å²) in [4.78, 5) is 11.0. The molecule has 1 unspecified atom stereocenters. The maximum absolute atomic E-state index is 11.0. The Kier molecular flexibility index (Phi) is 1.72. The second kappa shape index (κ2) is 2.39. The fourth-order valence-electron chi connectivity index (χ4n) is 0.814. The molecule has 0 fully saturated rings. The van der Waals surface area contributed by atoms with Gasteiger partial charge in [0.2, 0.25) is 0 Å². The molecule has 0 amide bonds. The van der Waals surface area contributed by atoms with E-state index in [4.69, 9.17) is 5.11 Å². The van der Waals surface area contributed by atoms with Gasteiger partial charge in [0, 0.05) is 0 Å². The topological polar surface area (TPSA) is 37.3 Å². The molecule has 0 aromatic carbocycles. The molecule has 54 valence electrons. The van der Waals surface area contributed by atoms with Crippen molar-refractivity contribution >= 4 is 5.78 Å². The van der Waals surface area contributed by atoms with Crippen LogP contribution in [-0.2, 0) is 4.79 Å². The number of hydrogen-bond acceptors (Lipinski definition) is 2. The molecule has 0 aromatic heterocycles. The minimum Gasteiger partial charge on any atom is -0.395 e. The van der Waals surface area contributed by atoms with E-state index >= 15 is 0 Å². The molecule has 0 bridgehead atoms. The zero-order valence-electron chi connectivity index (χ0n) is 5.87. The zero-order chi connectivity index (χ0) is 7.61. The molecule has 0 saturated heterocycles. The van der Waals surface area contributed by atoms with Gasteiger partial charge in [0.25, 0.3) is 0 Å². The summed E-state index contributed by atoms with van der Waals surface area (Å²) in [7, 11) is 0. The summed E-state index contributed by atoms with van der Waals surface area (Å²) < 4.78 is 0. The van der Waals surface area contributed by atoms with Gasteiger partial charge in [-0.2, -0.15) is 0 Å². The molecule has 10 heavy (non-hydrogen) atoms. The first kappa shape index (κ1) is 7.22. The highest BCUT2D eigenvalue weighted by Gasteiger charge is 2.28. The van der Waals surface area contributed by atoms with E-state index in [0.29, 0.717) is 0 Å². The van der Waals surface area contributed by atoms with Crippen LogP contribution in [0.1, 0.15) is 6.92 Å². The molecule has 0 aliphatic heterocycles. The third kappa shape index (κ3) is 1.02. The van der Waals surface area contributed by atoms with E-state index in [1.165, 1.54) is 6.08 Å². The molecule has 0 heterocycles. The largest absolute Gasteiger partial charge is 0.395 e. The molecule has 1 rings (SSSR count). The maximum Gasteiger partial charge on any atom is 0.167 e. The zero-order valence-corrected chi connectivity index (χ0v) is 5.87. The van der Waals surface area contributed by atoms with Crippen LogP contribution < -0.4 is 0 Å². The summed E-state index contributed by atoms with van der Waals surface area (Å²) in [5.41, 5.74) is -0.672. The lowest BCUT2D eigenvalue weighted by Gasteiger charge is -2.21. The summed E-state index contributed by atoms with van der Waals surface area (Å²) in [5.74, 6) is -0.0301. The highest BCUT2D eigenvalue weighted by atomic mass is 16.3. The first-order chi connectivity index (χ1) is 4.69. The van der Waals surface area contributed by atoms with Crippen LogP contribution in [0.3, 0.4) is 0 Å². The summed E-state index contributed by atoms with van der Waals surface area (Å²) in [6.45, 7) is 1.60. The van der Waals surface area contributed by atoms with E-state index in [9.17, 15) is 4.79 Å². The van der Waals surface area contributed by atoms with Crippen LogP contribution in [-0.4, -0.2) is 17.5 Å². The first-order valence-electron chi connectivity index (χ1n) is 3.20. The number of rotatable bonds is 1. The van der Waals surface area contributed by atoms with Gasteiger partial charge in [-0.15, -0.1) is 0 Å². The van der Waals surface area contributed by atoms with Gasteiger partial charge >= 0.3 is 0 Å². The van der Waals surface area contributed by atoms with Gasteiger partial charge in [-0.05, 0) is 13.0 Å². The second-order valence-electron chi connectivity index (χ2n) is 2.66. The van der Waals surface area contributed by atoms with Gasteiger partial charge in [0.1, 0.15) is 0 Å². The molecule has 1 N–H and O–H groups in total. The number of ketones is 1. The second-order valence-corrected chi connectivity index (χ2v) is 2.66. The van der Waals surface area contributed by atoms with Crippen LogP contribution in [0, 0.1) is 5.41 Å². The minimum absolute atomic E-state index is 0.0301. The lowest BCUT2D eigenvalue weighted by atomic mass is 9.84. The van der Waals surface area contributed by atoms with Crippen molar-refractivity contribution in [3.05, 3.63) is 24.3 Å². The van der Waals surface area contributed by atoms with Gasteiger partial charge in [-0.1, -0.05) is 18.2 Å². The van der Waals surface area contributed by atoms with Crippen molar-refractivity contribution in [2.24, 2.45) is 5.41 Å². The minimum atomic E-state index is -0.672. The van der Waals surface area contributed by atoms with Gasteiger partial charge in [0.15, 0.2) is 5.78 Å². The number of aliphatic hydroxyl groups excluding tert-OH is 1. The Morgan fingerprint density at radius 2 is 2.30 bits per heavy atom. The molecule has 0 spiro atoms. The summed E-state index contributed by atoms with van der Waals surface area (Å²) in [6, 6.07) is 0. The Morgan fingerprint density at radius 3 is 2.70 bits per heavy atom. The van der Waals surface area contributed by atoms with E-state index in [2.05, 4.69) is 0 Å². The predicted molar refractivity (Wildman–Crippen MR) is 38.5 cm³/mol. The summed E-state index contributed by atoms with van der Waals surface area (Å²) in [5, 5.41) is 8.81. The lowest BCUT2D eigenvalue weighted by molar-refractivity contribution is -0.122. The van der Waals surface area contributed by atoms with Gasteiger partial charge in [-0.3, -0.25) is 4.79 Å². The third-order valence-corrected chi connectivity index (χ3v) is 1.71. The van der Waals surface area contributed by atoms with Crippen LogP contribution in [0.4, 0.5) is 0 Å². The Morgan fingerprint density at radius 1 is 1.60 bits per heavy atom. The number of aliphatic hydroxyl groups is 1. The van der Waals surface area contributed by atoms with Gasteiger partial charge < -0.3 is 5.11 Å². The number of carbonyl (C=O) groups is 1. The molecular weight excluding hydrogens is 128 g/mol. The monoisotopic (exact) mass is 138 g/mol. The van der Waals surface area contributed by atoms with Crippen molar-refractivity contribution in [2.45, 2.75) is 6.92 Å². The fourth-order valence-corrected chi connectivity index (χ4v) is 0.814. The Labute approximate surface area is 59.9 Å². The SMILES string of the molecule is CC1(CO)C=CC=CC1=O. The molecule has 1 aliphatic rings. The normalized spacial score (nSPS) is 31.2. The molecule has 0 saturated carbocycles. The first-order valence-corrected chi connectivity index (χ1v) is 3.20. The van der Waals surface area contributed by atoms with Crippen molar-refractivity contribution in [3.8, 4) is 0 Å². The average molecular weight is 138 g/mol. The molecule has 2 heteroatoms. The quantitative estimate of drug-likeness (QED) is 0.578. The van der Waals surface area contributed by atoms with Crippen molar-refractivity contribution < 1.29 is 9.90 Å². The van der Waals surface area contributed by atoms with E-state index in [1.807, 2.05) is 0 Å². The lowest BCUT2D eigenvalue weighted by Crippen LogP contribution is -2.29. The number of allylic oxidation sites excluding steroid dienone is 3. The van der Waals surface area contributed by atoms with Crippen LogP contribution in [0.25, 0.3) is 0 Å². The van der Waals surface area contributed by atoms with Crippen LogP contribution >= 0.6 is 0 Å². The smallest absolute Gasteiger partial charge is 0.167 e. The molecule has 2 nitrogen and oxygen atoms in total. The standard InChI is InChI=1S/C8H10O2/c1-8(6-9)5-3-2-4-7(8)10/h2-5,9H,6H2,1H3. The Balaban J connectivity index is 2.88. The Hall–Kier alpha value is -0.890. The molecule has 0 aromatic rings.